The first kappa shape index (κ1) is 16.1. The number of nitrogens with one attached hydrogen (secondary N) is 1. The number of carbonyl (C=O) groups excluding carboxylic acids is 3. The van der Waals surface area contributed by atoms with Crippen molar-refractivity contribution >= 4 is 29.8 Å². The maximum Gasteiger partial charge on any atom is 0.433 e. The Morgan fingerprint density at radius 2 is 1.84 bits per heavy atom. The van der Waals surface area contributed by atoms with Crippen molar-refractivity contribution in [2.75, 3.05) is 0 Å². The maximum atomic E-state index is 12.5. The van der Waals surface area contributed by atoms with Gasteiger partial charge in [-0.15, -0.1) is 0 Å². The number of imide groups is 2. The van der Waals surface area contributed by atoms with Gasteiger partial charge in [0.25, 0.3) is 11.8 Å². The van der Waals surface area contributed by atoms with Crippen molar-refractivity contribution in [2.45, 2.75) is 6.54 Å². The van der Waals surface area contributed by atoms with Crippen molar-refractivity contribution in [2.24, 2.45) is 0 Å². The van der Waals surface area contributed by atoms with Crippen molar-refractivity contribution in [1.82, 2.24) is 10.2 Å². The lowest BCUT2D eigenvalue weighted by molar-refractivity contribution is -0.402. The van der Waals surface area contributed by atoms with E-state index in [1.165, 1.54) is 6.07 Å². The molecule has 3 rings (SSSR count). The van der Waals surface area contributed by atoms with Crippen LogP contribution in [0.3, 0.4) is 0 Å². The molecule has 1 saturated heterocycles. The van der Waals surface area contributed by atoms with Gasteiger partial charge in [-0.25, -0.2) is 4.79 Å². The van der Waals surface area contributed by atoms with Crippen molar-refractivity contribution in [3.05, 3.63) is 69.5 Å². The average Bonchev–Trinajstić information content (AvgIpc) is 3.05. The number of urea groups is 1. The van der Waals surface area contributed by atoms with Crippen molar-refractivity contribution < 1.29 is 23.7 Å². The van der Waals surface area contributed by atoms with Gasteiger partial charge < -0.3 is 4.42 Å². The molecule has 1 aromatic heterocycles. The normalized spacial score (nSPS) is 16.2. The zero-order valence-corrected chi connectivity index (χ0v) is 12.7. The molecule has 1 aliphatic heterocycles. The average molecular weight is 341 g/mol. The molecule has 1 N–H and O–H groups in total. The summed E-state index contributed by atoms with van der Waals surface area (Å²) in [5.74, 6) is -2.26. The summed E-state index contributed by atoms with van der Waals surface area (Å²) in [6.07, 6.45) is 1.06. The predicted molar refractivity (Wildman–Crippen MR) is 83.9 cm³/mol. The van der Waals surface area contributed by atoms with Crippen LogP contribution in [-0.2, 0) is 16.1 Å². The van der Waals surface area contributed by atoms with Crippen LogP contribution >= 0.6 is 0 Å². The molecule has 0 aliphatic carbocycles. The Morgan fingerprint density at radius 3 is 2.48 bits per heavy atom. The number of benzene rings is 1. The molecule has 0 spiro atoms. The van der Waals surface area contributed by atoms with Crippen molar-refractivity contribution in [1.29, 1.82) is 0 Å². The van der Waals surface area contributed by atoms with Gasteiger partial charge in [0.05, 0.1) is 12.6 Å². The SMILES string of the molecule is O=C1NC(=O)N(Cc2ccccc2)C(=O)C1=Cc1ccc([N+](=O)[O-])o1. The predicted octanol–water partition coefficient (Wildman–Crippen LogP) is 1.85. The van der Waals surface area contributed by atoms with Crippen molar-refractivity contribution in [3.8, 4) is 0 Å². The summed E-state index contributed by atoms with van der Waals surface area (Å²) in [4.78, 5) is 47.1. The highest BCUT2D eigenvalue weighted by atomic mass is 16.6. The highest BCUT2D eigenvalue weighted by Crippen LogP contribution is 2.21. The highest BCUT2D eigenvalue weighted by molar-refractivity contribution is 6.30. The van der Waals surface area contributed by atoms with Gasteiger partial charge in [-0.3, -0.25) is 29.9 Å². The number of furan rings is 1. The van der Waals surface area contributed by atoms with Gasteiger partial charge in [0.1, 0.15) is 16.3 Å². The molecular formula is C16H11N3O6. The molecule has 4 amide bonds. The molecule has 0 radical (unpaired) electrons. The van der Waals surface area contributed by atoms with E-state index in [0.29, 0.717) is 5.56 Å². The minimum Gasteiger partial charge on any atom is -0.401 e. The van der Waals surface area contributed by atoms with Crippen LogP contribution in [0, 0.1) is 10.1 Å². The minimum absolute atomic E-state index is 0.0194. The summed E-state index contributed by atoms with van der Waals surface area (Å²) in [6.45, 7) is -0.0194. The molecule has 0 bridgehead atoms. The van der Waals surface area contributed by atoms with Crippen LogP contribution < -0.4 is 5.32 Å². The molecule has 2 heterocycles. The van der Waals surface area contributed by atoms with E-state index in [0.717, 1.165) is 17.0 Å². The van der Waals surface area contributed by atoms with E-state index in [2.05, 4.69) is 5.32 Å². The van der Waals surface area contributed by atoms with E-state index in [1.807, 2.05) is 0 Å². The smallest absolute Gasteiger partial charge is 0.401 e. The van der Waals surface area contributed by atoms with Gasteiger partial charge in [-0.05, 0) is 17.7 Å². The third-order valence-corrected chi connectivity index (χ3v) is 3.45. The van der Waals surface area contributed by atoms with Crippen LogP contribution in [-0.4, -0.2) is 27.7 Å². The number of nitrogens with zero attached hydrogens (tertiary/aromatic N) is 2. The Labute approximate surface area is 140 Å². The Hall–Kier alpha value is -3.75. The lowest BCUT2D eigenvalue weighted by Gasteiger charge is -2.26. The van der Waals surface area contributed by atoms with Gasteiger partial charge in [0.2, 0.25) is 0 Å². The Bertz CT molecular complexity index is 900. The fourth-order valence-electron chi connectivity index (χ4n) is 2.26. The number of hydrogen-bond acceptors (Lipinski definition) is 6. The Kier molecular flexibility index (Phi) is 4.12. The topological polar surface area (TPSA) is 123 Å². The summed E-state index contributed by atoms with van der Waals surface area (Å²) in [6, 6.07) is 10.3. The van der Waals surface area contributed by atoms with Crippen LogP contribution in [0.25, 0.3) is 6.08 Å². The standard InChI is InChI=1S/C16H11N3O6/c20-14-12(8-11-6-7-13(25-11)19(23)24)15(21)18(16(22)17-14)9-10-4-2-1-3-5-10/h1-8H,9H2,(H,17,20,22). The van der Waals surface area contributed by atoms with Crippen LogP contribution in [0.2, 0.25) is 0 Å². The van der Waals surface area contributed by atoms with Gasteiger partial charge >= 0.3 is 11.9 Å². The molecule has 126 valence electrons. The number of rotatable bonds is 4. The first-order chi connectivity index (χ1) is 12.0. The fourth-order valence-corrected chi connectivity index (χ4v) is 2.26. The zero-order chi connectivity index (χ0) is 18.0. The molecule has 0 atom stereocenters. The van der Waals surface area contributed by atoms with Gasteiger partial charge in [-0.2, -0.15) is 0 Å². The summed E-state index contributed by atoms with van der Waals surface area (Å²) < 4.78 is 4.91. The monoisotopic (exact) mass is 341 g/mol. The molecule has 1 aromatic carbocycles. The molecule has 0 saturated carbocycles. The molecule has 9 heteroatoms. The second-order valence-corrected chi connectivity index (χ2v) is 5.13. The van der Waals surface area contributed by atoms with Gasteiger partial charge in [0, 0.05) is 0 Å². The number of carbonyl (C=O) groups is 3. The maximum absolute atomic E-state index is 12.5. The van der Waals surface area contributed by atoms with E-state index in [9.17, 15) is 24.5 Å². The highest BCUT2D eigenvalue weighted by Gasteiger charge is 2.36. The van der Waals surface area contributed by atoms with Crippen molar-refractivity contribution in [3.63, 3.8) is 0 Å². The summed E-state index contributed by atoms with van der Waals surface area (Å²) in [7, 11) is 0. The first-order valence-corrected chi connectivity index (χ1v) is 7.13. The zero-order valence-electron chi connectivity index (χ0n) is 12.7. The minimum atomic E-state index is -0.890. The number of hydrogen-bond donors (Lipinski definition) is 1. The summed E-state index contributed by atoms with van der Waals surface area (Å²) in [5, 5.41) is 12.7. The second kappa shape index (κ2) is 6.40. The largest absolute Gasteiger partial charge is 0.433 e. The van der Waals surface area contributed by atoms with Crippen LogP contribution in [0.5, 0.6) is 0 Å². The number of nitro groups is 1. The lowest BCUT2D eigenvalue weighted by Crippen LogP contribution is -2.53. The fraction of sp³-hybridized carbons (Fsp3) is 0.0625. The lowest BCUT2D eigenvalue weighted by atomic mass is 10.1. The van der Waals surface area contributed by atoms with Gasteiger partial charge in [-0.1, -0.05) is 30.3 Å². The van der Waals surface area contributed by atoms with Crippen LogP contribution in [0.1, 0.15) is 11.3 Å². The van der Waals surface area contributed by atoms with Crippen LogP contribution in [0.15, 0.2) is 52.5 Å². The Morgan fingerprint density at radius 1 is 1.12 bits per heavy atom. The molecule has 0 unspecified atom stereocenters. The molecule has 1 fully saturated rings. The van der Waals surface area contributed by atoms with Crippen LogP contribution in [0.4, 0.5) is 10.7 Å². The van der Waals surface area contributed by atoms with E-state index in [4.69, 9.17) is 4.42 Å². The number of barbiturate groups is 1. The molecular weight excluding hydrogens is 330 g/mol. The summed E-state index contributed by atoms with van der Waals surface area (Å²) >= 11 is 0. The van der Waals surface area contributed by atoms with E-state index in [1.54, 1.807) is 30.3 Å². The van der Waals surface area contributed by atoms with E-state index in [-0.39, 0.29) is 17.9 Å². The van der Waals surface area contributed by atoms with E-state index >= 15 is 0 Å². The summed E-state index contributed by atoms with van der Waals surface area (Å²) in [5.41, 5.74) is 0.355. The molecule has 1 aliphatic rings. The quantitative estimate of drug-likeness (QED) is 0.392. The molecule has 9 nitrogen and oxygen atoms in total. The van der Waals surface area contributed by atoms with Gasteiger partial charge in [0.15, 0.2) is 0 Å². The first-order valence-electron chi connectivity index (χ1n) is 7.13. The second-order valence-electron chi connectivity index (χ2n) is 5.13. The third kappa shape index (κ3) is 3.29. The number of amides is 4. The van der Waals surface area contributed by atoms with E-state index < -0.39 is 28.7 Å². The molecule has 2 aromatic rings. The molecule has 25 heavy (non-hydrogen) atoms. The Balaban J connectivity index is 1.89. The third-order valence-electron chi connectivity index (χ3n) is 3.45.